The number of carbonyl (C=O) groups excluding carboxylic acids is 1. The van der Waals surface area contributed by atoms with Gasteiger partial charge < -0.3 is 14.8 Å². The minimum Gasteiger partial charge on any atom is -0.480 e. The maximum atomic E-state index is 12.7. The molecule has 1 aliphatic heterocycles. The Bertz CT molecular complexity index is 601. The smallest absolute Gasteiger partial charge is 0.262 e. The van der Waals surface area contributed by atoms with Gasteiger partial charge in [-0.1, -0.05) is 39.0 Å². The number of para-hydroxylation sites is 1. The molecule has 0 spiro atoms. The van der Waals surface area contributed by atoms with Crippen molar-refractivity contribution in [1.29, 1.82) is 5.26 Å². The number of nitriles is 1. The standard InChI is InChI=1S/C19H26N2O3/c1-4-16(24-17-8-6-5-7-15(17)14(2)3)18(22)21-19(13-20)9-11-23-12-10-19/h5-8,14,16H,4,9-12H2,1-3H3,(H,21,22). The number of ether oxygens (including phenoxy) is 2. The zero-order chi connectivity index (χ0) is 17.6. The van der Waals surface area contributed by atoms with E-state index in [1.54, 1.807) is 0 Å². The zero-order valence-corrected chi connectivity index (χ0v) is 14.7. The fraction of sp³-hybridized carbons (Fsp3) is 0.579. The van der Waals surface area contributed by atoms with E-state index in [1.807, 2.05) is 31.2 Å². The Morgan fingerprint density at radius 2 is 2.04 bits per heavy atom. The average Bonchev–Trinajstić information content (AvgIpc) is 2.60. The summed E-state index contributed by atoms with van der Waals surface area (Å²) in [5.41, 5.74) is 0.230. The molecule has 1 unspecified atom stereocenters. The Balaban J connectivity index is 2.11. The van der Waals surface area contributed by atoms with E-state index < -0.39 is 11.6 Å². The monoisotopic (exact) mass is 330 g/mol. The van der Waals surface area contributed by atoms with Crippen molar-refractivity contribution >= 4 is 5.91 Å². The van der Waals surface area contributed by atoms with E-state index in [4.69, 9.17) is 9.47 Å². The van der Waals surface area contributed by atoms with Crippen molar-refractivity contribution in [2.45, 2.75) is 57.6 Å². The number of carbonyl (C=O) groups is 1. The molecule has 24 heavy (non-hydrogen) atoms. The SMILES string of the molecule is CCC(Oc1ccccc1C(C)C)C(=O)NC1(C#N)CCOCC1. The highest BCUT2D eigenvalue weighted by Crippen LogP contribution is 2.27. The molecule has 1 fully saturated rings. The minimum absolute atomic E-state index is 0.237. The third-order valence-electron chi connectivity index (χ3n) is 4.40. The van der Waals surface area contributed by atoms with Crippen LogP contribution in [0.4, 0.5) is 0 Å². The average molecular weight is 330 g/mol. The highest BCUT2D eigenvalue weighted by atomic mass is 16.5. The van der Waals surface area contributed by atoms with Crippen LogP contribution in [0.2, 0.25) is 0 Å². The van der Waals surface area contributed by atoms with Crippen molar-refractivity contribution in [3.63, 3.8) is 0 Å². The van der Waals surface area contributed by atoms with Gasteiger partial charge in [-0.15, -0.1) is 0 Å². The van der Waals surface area contributed by atoms with Crippen LogP contribution in [0, 0.1) is 11.3 Å². The van der Waals surface area contributed by atoms with Crippen LogP contribution in [0.15, 0.2) is 24.3 Å². The van der Waals surface area contributed by atoms with Crippen LogP contribution in [0.1, 0.15) is 51.5 Å². The number of nitrogens with zero attached hydrogens (tertiary/aromatic N) is 1. The fourth-order valence-corrected chi connectivity index (χ4v) is 2.84. The second kappa shape index (κ2) is 8.16. The molecule has 0 saturated carbocycles. The molecule has 1 aromatic carbocycles. The minimum atomic E-state index is -0.844. The summed E-state index contributed by atoms with van der Waals surface area (Å²) in [6, 6.07) is 10.0. The molecule has 5 nitrogen and oxygen atoms in total. The quantitative estimate of drug-likeness (QED) is 0.870. The molecule has 0 aromatic heterocycles. The predicted octanol–water partition coefficient (Wildman–Crippen LogP) is 3.16. The second-order valence-corrected chi connectivity index (χ2v) is 6.50. The lowest BCUT2D eigenvalue weighted by atomic mass is 9.91. The van der Waals surface area contributed by atoms with Crippen molar-refractivity contribution in [3.8, 4) is 11.8 Å². The summed E-state index contributed by atoms with van der Waals surface area (Å²) in [5.74, 6) is 0.801. The van der Waals surface area contributed by atoms with Gasteiger partial charge in [-0.2, -0.15) is 5.26 Å². The van der Waals surface area contributed by atoms with E-state index in [0.717, 1.165) is 11.3 Å². The summed E-state index contributed by atoms with van der Waals surface area (Å²) in [6.45, 7) is 7.07. The van der Waals surface area contributed by atoms with Crippen LogP contribution in [0.5, 0.6) is 5.75 Å². The van der Waals surface area contributed by atoms with Crippen LogP contribution >= 0.6 is 0 Å². The number of nitrogens with one attached hydrogen (secondary N) is 1. The van der Waals surface area contributed by atoms with Gasteiger partial charge >= 0.3 is 0 Å². The molecule has 1 saturated heterocycles. The van der Waals surface area contributed by atoms with E-state index in [1.165, 1.54) is 0 Å². The molecular weight excluding hydrogens is 304 g/mol. The van der Waals surface area contributed by atoms with E-state index in [0.29, 0.717) is 38.4 Å². The molecule has 1 N–H and O–H groups in total. The molecule has 1 atom stereocenters. The molecule has 0 bridgehead atoms. The van der Waals surface area contributed by atoms with Crippen LogP contribution < -0.4 is 10.1 Å². The maximum Gasteiger partial charge on any atom is 0.262 e. The lowest BCUT2D eigenvalue weighted by molar-refractivity contribution is -0.130. The summed E-state index contributed by atoms with van der Waals surface area (Å²) >= 11 is 0. The van der Waals surface area contributed by atoms with Gasteiger partial charge in [-0.25, -0.2) is 0 Å². The van der Waals surface area contributed by atoms with Gasteiger partial charge in [0.25, 0.3) is 5.91 Å². The molecular formula is C19H26N2O3. The van der Waals surface area contributed by atoms with Crippen molar-refractivity contribution in [2.24, 2.45) is 0 Å². The number of rotatable bonds is 6. The largest absolute Gasteiger partial charge is 0.480 e. The molecule has 1 amide bonds. The van der Waals surface area contributed by atoms with Crippen molar-refractivity contribution < 1.29 is 14.3 Å². The maximum absolute atomic E-state index is 12.7. The Morgan fingerprint density at radius 1 is 1.38 bits per heavy atom. The van der Waals surface area contributed by atoms with Crippen molar-refractivity contribution in [3.05, 3.63) is 29.8 Å². The topological polar surface area (TPSA) is 71.3 Å². The molecule has 0 radical (unpaired) electrons. The van der Waals surface area contributed by atoms with Crippen LogP contribution in [-0.2, 0) is 9.53 Å². The Hall–Kier alpha value is -2.06. The lowest BCUT2D eigenvalue weighted by Crippen LogP contribution is -2.54. The molecule has 2 rings (SSSR count). The summed E-state index contributed by atoms with van der Waals surface area (Å²) in [4.78, 5) is 12.7. The van der Waals surface area contributed by atoms with Crippen LogP contribution in [0.25, 0.3) is 0 Å². The molecule has 5 heteroatoms. The highest BCUT2D eigenvalue weighted by Gasteiger charge is 2.36. The van der Waals surface area contributed by atoms with Gasteiger partial charge in [0, 0.05) is 26.1 Å². The van der Waals surface area contributed by atoms with E-state index in [9.17, 15) is 10.1 Å². The van der Waals surface area contributed by atoms with Gasteiger partial charge in [-0.05, 0) is 24.0 Å². The van der Waals surface area contributed by atoms with E-state index >= 15 is 0 Å². The molecule has 1 heterocycles. The summed E-state index contributed by atoms with van der Waals surface area (Å²) in [5, 5.41) is 12.4. The third kappa shape index (κ3) is 4.27. The summed E-state index contributed by atoms with van der Waals surface area (Å²) < 4.78 is 11.3. The van der Waals surface area contributed by atoms with Gasteiger partial charge in [0.1, 0.15) is 11.3 Å². The molecule has 1 aromatic rings. The number of hydrogen-bond donors (Lipinski definition) is 1. The second-order valence-electron chi connectivity index (χ2n) is 6.50. The highest BCUT2D eigenvalue weighted by molar-refractivity contribution is 5.82. The Morgan fingerprint density at radius 3 is 2.62 bits per heavy atom. The first-order valence-electron chi connectivity index (χ1n) is 8.58. The van der Waals surface area contributed by atoms with Crippen LogP contribution in [0.3, 0.4) is 0 Å². The molecule has 1 aliphatic rings. The number of amides is 1. The van der Waals surface area contributed by atoms with Gasteiger partial charge in [-0.3, -0.25) is 4.79 Å². The Labute approximate surface area is 144 Å². The molecule has 130 valence electrons. The van der Waals surface area contributed by atoms with Crippen molar-refractivity contribution in [2.75, 3.05) is 13.2 Å². The first kappa shape index (κ1) is 18.3. The number of benzene rings is 1. The van der Waals surface area contributed by atoms with Gasteiger partial charge in [0.2, 0.25) is 0 Å². The fourth-order valence-electron chi connectivity index (χ4n) is 2.84. The number of hydrogen-bond acceptors (Lipinski definition) is 4. The zero-order valence-electron chi connectivity index (χ0n) is 14.7. The van der Waals surface area contributed by atoms with Crippen molar-refractivity contribution in [1.82, 2.24) is 5.32 Å². The first-order valence-corrected chi connectivity index (χ1v) is 8.58. The van der Waals surface area contributed by atoms with E-state index in [2.05, 4.69) is 25.2 Å². The molecule has 0 aliphatic carbocycles. The normalized spacial score (nSPS) is 17.8. The summed E-state index contributed by atoms with van der Waals surface area (Å²) in [6.07, 6.45) is 0.941. The lowest BCUT2D eigenvalue weighted by Gasteiger charge is -2.33. The van der Waals surface area contributed by atoms with Gasteiger partial charge in [0.15, 0.2) is 6.10 Å². The Kier molecular flexibility index (Phi) is 6.22. The third-order valence-corrected chi connectivity index (χ3v) is 4.40. The summed E-state index contributed by atoms with van der Waals surface area (Å²) in [7, 11) is 0. The van der Waals surface area contributed by atoms with E-state index in [-0.39, 0.29) is 5.91 Å². The first-order chi connectivity index (χ1) is 11.5. The predicted molar refractivity (Wildman–Crippen MR) is 91.8 cm³/mol. The van der Waals surface area contributed by atoms with Gasteiger partial charge in [0.05, 0.1) is 6.07 Å². The van der Waals surface area contributed by atoms with Crippen LogP contribution in [-0.4, -0.2) is 30.8 Å².